The van der Waals surface area contributed by atoms with Gasteiger partial charge in [0.2, 0.25) is 0 Å². The van der Waals surface area contributed by atoms with E-state index in [1.807, 2.05) is 41.5 Å². The van der Waals surface area contributed by atoms with Crippen molar-refractivity contribution in [2.24, 2.45) is 139 Å². The zero-order valence-electron chi connectivity index (χ0n) is 85.3. The fourth-order valence-electron chi connectivity index (χ4n) is 14.1. The molecule has 0 saturated heterocycles. The molecule has 0 aromatic heterocycles. The Morgan fingerprint density at radius 1 is 0.308 bits per heavy atom. The van der Waals surface area contributed by atoms with Gasteiger partial charge in [0.25, 0.3) is 0 Å². The molecule has 7 unspecified atom stereocenters. The van der Waals surface area contributed by atoms with Gasteiger partial charge in [0.05, 0.1) is 5.60 Å². The van der Waals surface area contributed by atoms with E-state index < -0.39 is 18.0 Å². The lowest BCUT2D eigenvalue weighted by atomic mass is 9.54. The first-order chi connectivity index (χ1) is 46.0. The summed E-state index contributed by atoms with van der Waals surface area (Å²) >= 11 is 0. The number of halogens is 3. The lowest BCUT2D eigenvalue weighted by molar-refractivity contribution is -0.112. The quantitative estimate of drug-likeness (QED) is 0.220. The molecule has 0 heterocycles. The van der Waals surface area contributed by atoms with Crippen LogP contribution in [0.3, 0.4) is 0 Å². The van der Waals surface area contributed by atoms with E-state index in [0.717, 1.165) is 61.9 Å². The Balaban J connectivity index is -0.000000365. The second-order valence-electron chi connectivity index (χ2n) is 56.1. The Morgan fingerprint density at radius 3 is 0.757 bits per heavy atom. The van der Waals surface area contributed by atoms with E-state index in [2.05, 4.69) is 339 Å². The number of hydrogen-bond donors (Lipinski definition) is 0. The highest BCUT2D eigenvalue weighted by molar-refractivity contribution is 5.05. The van der Waals surface area contributed by atoms with Gasteiger partial charge in [-0.05, 0) is 269 Å². The third-order valence-corrected chi connectivity index (χ3v) is 24.2. The summed E-state index contributed by atoms with van der Waals surface area (Å²) in [5, 5.41) is 0. The third kappa shape index (κ3) is 61.8. The summed E-state index contributed by atoms with van der Waals surface area (Å²) in [5.74, 6) is 6.05. The van der Waals surface area contributed by atoms with Gasteiger partial charge in [0.15, 0.2) is 0 Å². The van der Waals surface area contributed by atoms with Crippen molar-refractivity contribution in [1.82, 2.24) is 0 Å². The van der Waals surface area contributed by atoms with Crippen LogP contribution in [0.5, 0.6) is 0 Å². The molecule has 4 aliphatic rings. The highest BCUT2D eigenvalue weighted by Gasteiger charge is 2.55. The fourth-order valence-corrected chi connectivity index (χ4v) is 14.1. The minimum atomic E-state index is -0.912. The summed E-state index contributed by atoms with van der Waals surface area (Å²) < 4.78 is 47.1. The minimum absolute atomic E-state index is 0.0257. The van der Waals surface area contributed by atoms with Crippen LogP contribution >= 0.6 is 0 Å². The molecule has 0 N–H and O–H groups in total. The molecule has 0 radical (unpaired) electrons. The van der Waals surface area contributed by atoms with Crippen LogP contribution in [0.1, 0.15) is 496 Å². The fraction of sp³-hybridized carbons (Fsp3) is 1.00. The second-order valence-corrected chi connectivity index (χ2v) is 56.1. The molecule has 0 aromatic carbocycles. The van der Waals surface area contributed by atoms with Gasteiger partial charge in [0.1, 0.15) is 18.0 Å². The van der Waals surface area contributed by atoms with E-state index in [4.69, 9.17) is 4.74 Å². The predicted molar refractivity (Wildman–Crippen MR) is 487 cm³/mol. The largest absolute Gasteiger partial charge is 0.376 e. The lowest BCUT2D eigenvalue weighted by Crippen LogP contribution is -2.53. The van der Waals surface area contributed by atoms with Crippen molar-refractivity contribution in [3.63, 3.8) is 0 Å². The standard InChI is InChI=1S/C13H25F.C13H26.C12H23F.C12H24.C11H24O.2C11H24.C10H21F.C10H22/c1-12(2,3)9-7-10(11(14)8-9)13(4,5)6;1-12(2,3)10-7-8-11(9-10)13(4,5)6;1-10(2,3)9-7-12(13,8-9)11(4,5)6;1-11(2,3)9-7-10(8-9)12(4,5)6;1-10(2,3)8-7-9-12-11(4,5)6;1-9(11(5,6)7)8-10(2,3)4;1-10(2,3)8-7-9-11(4,5)6;1-9(2,3)7-8(11)10(4,5)6;1-9(2,3)7-8-10(4,5)6/h9-11H,7-8H2,1-6H3;10-11H,7-9H2,1-6H3;9H,7-8H2,1-6H3;9-10H,7-8H2,1-6H3;7-9H2,1-6H3;9H,8H2,1-7H3;7-9H2,1-6H3;8H,7H2,1-6H3;7-8H2,1-6H3. The van der Waals surface area contributed by atoms with Crippen molar-refractivity contribution >= 4 is 0 Å². The first kappa shape index (κ1) is 115. The summed E-state index contributed by atoms with van der Waals surface area (Å²) in [5.41, 5.74) is 5.09. The van der Waals surface area contributed by atoms with E-state index in [0.29, 0.717) is 77.8 Å². The predicted octanol–water partition coefficient (Wildman–Crippen LogP) is 36.9. The number of ether oxygens (including phenoxy) is 1. The first-order valence-corrected chi connectivity index (χ1v) is 44.6. The number of alkyl halides is 3. The molecule has 0 spiro atoms. The van der Waals surface area contributed by atoms with Gasteiger partial charge in [0, 0.05) is 6.61 Å². The average molecular weight is 1520 g/mol. The smallest absolute Gasteiger partial charge is 0.116 e. The molecular weight excluding hydrogens is 1310 g/mol. The zero-order valence-corrected chi connectivity index (χ0v) is 85.3. The third-order valence-electron chi connectivity index (χ3n) is 24.2. The van der Waals surface area contributed by atoms with Crippen LogP contribution in [0.25, 0.3) is 0 Å². The monoisotopic (exact) mass is 1520 g/mol. The highest BCUT2D eigenvalue weighted by Crippen LogP contribution is 2.58. The molecule has 1 nitrogen and oxygen atoms in total. The molecule has 4 fully saturated rings. The van der Waals surface area contributed by atoms with Crippen molar-refractivity contribution in [2.45, 2.75) is 520 Å². The van der Waals surface area contributed by atoms with E-state index in [1.165, 1.54) is 83.5 Å². The molecule has 4 heteroatoms. The Hall–Kier alpha value is -0.250. The molecule has 107 heavy (non-hydrogen) atoms. The molecule has 0 amide bonds. The van der Waals surface area contributed by atoms with Crippen LogP contribution in [-0.4, -0.2) is 30.2 Å². The Morgan fingerprint density at radius 2 is 0.579 bits per heavy atom. The number of hydrogen-bond acceptors (Lipinski definition) is 1. The lowest BCUT2D eigenvalue weighted by Gasteiger charge is -2.54. The topological polar surface area (TPSA) is 9.23 Å². The van der Waals surface area contributed by atoms with Gasteiger partial charge >= 0.3 is 0 Å². The highest BCUT2D eigenvalue weighted by atomic mass is 19.1. The van der Waals surface area contributed by atoms with E-state index >= 15 is 0 Å². The van der Waals surface area contributed by atoms with E-state index in [1.54, 1.807) is 0 Å². The average Bonchev–Trinajstić information content (AvgIpc) is 1.64. The van der Waals surface area contributed by atoms with Crippen molar-refractivity contribution < 1.29 is 17.9 Å². The normalized spacial score (nSPS) is 23.8. The molecular formula is C103H213F3O. The van der Waals surface area contributed by atoms with Crippen molar-refractivity contribution in [3.8, 4) is 0 Å². The Bertz CT molecular complexity index is 2140. The van der Waals surface area contributed by atoms with Crippen LogP contribution in [0.2, 0.25) is 0 Å². The van der Waals surface area contributed by atoms with E-state index in [-0.39, 0.29) is 44.0 Å². The molecule has 4 rings (SSSR count). The van der Waals surface area contributed by atoms with Crippen molar-refractivity contribution in [1.29, 1.82) is 0 Å². The Kier molecular flexibility index (Phi) is 46.6. The van der Waals surface area contributed by atoms with Crippen LogP contribution in [0, 0.1) is 139 Å². The van der Waals surface area contributed by atoms with E-state index in [9.17, 15) is 13.2 Å². The number of rotatable bonds is 8. The molecule has 0 bridgehead atoms. The maximum atomic E-state index is 14.2. The van der Waals surface area contributed by atoms with Gasteiger partial charge < -0.3 is 4.74 Å². The summed E-state index contributed by atoms with van der Waals surface area (Å²) in [7, 11) is 0. The van der Waals surface area contributed by atoms with Gasteiger partial charge in [-0.2, -0.15) is 0 Å². The van der Waals surface area contributed by atoms with Gasteiger partial charge in [-0.1, -0.05) is 366 Å². The summed E-state index contributed by atoms with van der Waals surface area (Å²) in [4.78, 5) is 0. The van der Waals surface area contributed by atoms with Crippen molar-refractivity contribution in [3.05, 3.63) is 0 Å². The molecule has 7 atom stereocenters. The van der Waals surface area contributed by atoms with Gasteiger partial charge in [-0.25, -0.2) is 13.2 Å². The Labute approximate surface area is 680 Å². The summed E-state index contributed by atoms with van der Waals surface area (Å²) in [6, 6.07) is 0. The maximum absolute atomic E-state index is 14.2. The molecule has 0 aromatic rings. The first-order valence-electron chi connectivity index (χ1n) is 44.6. The second kappa shape index (κ2) is 43.3. The van der Waals surface area contributed by atoms with Crippen LogP contribution in [0.4, 0.5) is 13.2 Å². The maximum Gasteiger partial charge on any atom is 0.116 e. The van der Waals surface area contributed by atoms with Crippen molar-refractivity contribution in [2.75, 3.05) is 6.61 Å². The molecule has 4 saturated carbocycles. The minimum Gasteiger partial charge on any atom is -0.376 e. The zero-order chi connectivity index (χ0) is 87.4. The summed E-state index contributed by atoms with van der Waals surface area (Å²) in [6.45, 7) is 124. The van der Waals surface area contributed by atoms with Gasteiger partial charge in [-0.3, -0.25) is 0 Å². The SMILES string of the molecule is CC(C)(C)C1CC(C(C)(C)C)C1.CC(C)(C)C1CC(F)(C(C)(C)C)C1.CC(C)(C)C1CC(F)C(C(C)(C)C)C1.CC(C)(C)C1CCC(C(C)(C)C)C1.CC(C)(C)CC(F)C(C)(C)C.CC(C)(C)CCC(C)(C)C.CC(C)(C)CCCC(C)(C)C.CC(C)(C)CCCOC(C)(C)C.CC(CC(C)(C)C)C(C)(C)C. The van der Waals surface area contributed by atoms with Crippen LogP contribution in [-0.2, 0) is 4.74 Å². The summed E-state index contributed by atoms with van der Waals surface area (Å²) in [6.07, 6.45) is 20.4. The molecule has 4 aliphatic carbocycles. The molecule has 0 aliphatic heterocycles. The van der Waals surface area contributed by atoms with Crippen LogP contribution in [0.15, 0.2) is 0 Å². The van der Waals surface area contributed by atoms with Crippen LogP contribution < -0.4 is 0 Å². The van der Waals surface area contributed by atoms with Gasteiger partial charge in [-0.15, -0.1) is 0 Å². The molecule has 652 valence electrons.